The number of fused-ring (bicyclic) bond motifs is 3. The van der Waals surface area contributed by atoms with Gasteiger partial charge in [0.25, 0.3) is 5.91 Å². The van der Waals surface area contributed by atoms with E-state index in [1.165, 1.54) is 10.4 Å². The highest BCUT2D eigenvalue weighted by atomic mass is 35.5. The number of nitrogens with one attached hydrogen (secondary N) is 2. The van der Waals surface area contributed by atoms with Crippen LogP contribution in [0.4, 0.5) is 5.00 Å². The summed E-state index contributed by atoms with van der Waals surface area (Å²) in [5, 5.41) is 8.35. The molecule has 0 saturated heterocycles. The van der Waals surface area contributed by atoms with Gasteiger partial charge < -0.3 is 15.4 Å². The number of carbonyl (C=O) groups is 1. The van der Waals surface area contributed by atoms with Crippen LogP contribution in [0.15, 0.2) is 48.5 Å². The summed E-state index contributed by atoms with van der Waals surface area (Å²) in [4.78, 5) is 14.2. The van der Waals surface area contributed by atoms with Crippen molar-refractivity contribution in [1.29, 1.82) is 0 Å². The standard InChI is InChI=1S/C24H23ClN2O2S/c1-14-6-11-18-20(12-14)30-24-21(18)23(28)26-22(27-24)15-7-9-17(10-8-15)29-13-16-4-2-3-5-19(16)25/h2-5,7-10,14,22,27H,6,11-13H2,1H3,(H,26,28)/t14-,22+/m1/s1. The molecule has 2 aromatic carbocycles. The van der Waals surface area contributed by atoms with Gasteiger partial charge in [0.15, 0.2) is 0 Å². The first kappa shape index (κ1) is 19.5. The molecule has 5 rings (SSSR count). The molecular formula is C24H23ClN2O2S. The van der Waals surface area contributed by atoms with Crippen molar-refractivity contribution in [3.8, 4) is 5.75 Å². The van der Waals surface area contributed by atoms with E-state index in [2.05, 4.69) is 17.6 Å². The molecule has 0 spiro atoms. The number of benzene rings is 2. The predicted octanol–water partition coefficient (Wildman–Crippen LogP) is 5.96. The third-order valence-electron chi connectivity index (χ3n) is 5.86. The molecule has 6 heteroatoms. The molecule has 0 bridgehead atoms. The van der Waals surface area contributed by atoms with Gasteiger partial charge in [-0.1, -0.05) is 48.9 Å². The minimum absolute atomic E-state index is 0.0276. The van der Waals surface area contributed by atoms with Gasteiger partial charge in [-0.2, -0.15) is 0 Å². The van der Waals surface area contributed by atoms with Crippen molar-refractivity contribution in [2.24, 2.45) is 5.92 Å². The molecule has 0 unspecified atom stereocenters. The van der Waals surface area contributed by atoms with Crippen LogP contribution in [0.3, 0.4) is 0 Å². The summed E-state index contributed by atoms with van der Waals surface area (Å²) in [6.07, 6.45) is 2.99. The number of hydrogen-bond acceptors (Lipinski definition) is 4. The molecule has 30 heavy (non-hydrogen) atoms. The number of hydrogen-bond donors (Lipinski definition) is 2. The molecular weight excluding hydrogens is 416 g/mol. The molecule has 1 aliphatic carbocycles. The summed E-state index contributed by atoms with van der Waals surface area (Å²) in [5.74, 6) is 1.48. The van der Waals surface area contributed by atoms with Gasteiger partial charge in [-0.25, -0.2) is 0 Å². The number of carbonyl (C=O) groups excluding carboxylic acids is 1. The van der Waals surface area contributed by atoms with Crippen LogP contribution >= 0.6 is 22.9 Å². The molecule has 2 aliphatic rings. The van der Waals surface area contributed by atoms with Crippen LogP contribution in [0.5, 0.6) is 5.75 Å². The van der Waals surface area contributed by atoms with Crippen LogP contribution < -0.4 is 15.4 Å². The van der Waals surface area contributed by atoms with Crippen molar-refractivity contribution in [1.82, 2.24) is 5.32 Å². The Hall–Kier alpha value is -2.50. The number of anilines is 1. The normalized spacial score (nSPS) is 20.0. The van der Waals surface area contributed by atoms with E-state index < -0.39 is 0 Å². The van der Waals surface area contributed by atoms with Crippen molar-refractivity contribution in [2.75, 3.05) is 5.32 Å². The molecule has 0 saturated carbocycles. The van der Waals surface area contributed by atoms with Gasteiger partial charge in [0.05, 0.1) is 5.56 Å². The number of amides is 1. The fourth-order valence-corrected chi connectivity index (χ4v) is 5.79. The Kier molecular flexibility index (Phi) is 5.17. The Morgan fingerprint density at radius 1 is 1.13 bits per heavy atom. The first-order valence-corrected chi connectivity index (χ1v) is 11.5. The number of halogens is 1. The van der Waals surface area contributed by atoms with Gasteiger partial charge in [0.2, 0.25) is 0 Å². The second kappa shape index (κ2) is 7.97. The summed E-state index contributed by atoms with van der Waals surface area (Å²) < 4.78 is 5.87. The Morgan fingerprint density at radius 2 is 1.93 bits per heavy atom. The van der Waals surface area contributed by atoms with Crippen LogP contribution in [-0.4, -0.2) is 5.91 Å². The van der Waals surface area contributed by atoms with E-state index >= 15 is 0 Å². The molecule has 154 valence electrons. The highest BCUT2D eigenvalue weighted by Gasteiger charge is 2.33. The minimum Gasteiger partial charge on any atom is -0.489 e. The predicted molar refractivity (Wildman–Crippen MR) is 122 cm³/mol. The highest BCUT2D eigenvalue weighted by Crippen LogP contribution is 2.42. The van der Waals surface area contributed by atoms with Gasteiger partial charge in [-0.05, 0) is 54.5 Å². The molecule has 0 fully saturated rings. The quantitative estimate of drug-likeness (QED) is 0.528. The molecule has 1 amide bonds. The lowest BCUT2D eigenvalue weighted by molar-refractivity contribution is 0.0935. The zero-order valence-corrected chi connectivity index (χ0v) is 18.3. The molecule has 0 radical (unpaired) electrons. The van der Waals surface area contributed by atoms with Gasteiger partial charge in [0.1, 0.15) is 23.5 Å². The second-order valence-corrected chi connectivity index (χ2v) is 9.57. The summed E-state index contributed by atoms with van der Waals surface area (Å²) in [7, 11) is 0. The van der Waals surface area contributed by atoms with Crippen LogP contribution in [0, 0.1) is 5.92 Å². The zero-order chi connectivity index (χ0) is 20.7. The summed E-state index contributed by atoms with van der Waals surface area (Å²) in [6, 6.07) is 15.5. The zero-order valence-electron chi connectivity index (χ0n) is 16.7. The van der Waals surface area contributed by atoms with Crippen LogP contribution in [0.2, 0.25) is 5.02 Å². The van der Waals surface area contributed by atoms with Crippen molar-refractivity contribution in [2.45, 2.75) is 39.0 Å². The lowest BCUT2D eigenvalue weighted by atomic mass is 9.88. The van der Waals surface area contributed by atoms with E-state index in [1.54, 1.807) is 11.3 Å². The van der Waals surface area contributed by atoms with Crippen LogP contribution in [0.1, 0.15) is 51.4 Å². The van der Waals surface area contributed by atoms with E-state index in [0.717, 1.165) is 46.7 Å². The molecule has 4 nitrogen and oxygen atoms in total. The second-order valence-electron chi connectivity index (χ2n) is 8.06. The topological polar surface area (TPSA) is 50.4 Å². The molecule has 1 aliphatic heterocycles. The number of rotatable bonds is 4. The van der Waals surface area contributed by atoms with Gasteiger partial charge in [-0.15, -0.1) is 11.3 Å². The third-order valence-corrected chi connectivity index (χ3v) is 7.41. The minimum atomic E-state index is -0.236. The molecule has 3 aromatic rings. The van der Waals surface area contributed by atoms with Crippen LogP contribution in [-0.2, 0) is 19.4 Å². The van der Waals surface area contributed by atoms with Crippen molar-refractivity contribution >= 4 is 33.8 Å². The lowest BCUT2D eigenvalue weighted by Gasteiger charge is -2.27. The van der Waals surface area contributed by atoms with Gasteiger partial charge in [0, 0.05) is 15.5 Å². The fraction of sp³-hybridized carbons (Fsp3) is 0.292. The van der Waals surface area contributed by atoms with E-state index in [1.807, 2.05) is 48.5 Å². The molecule has 2 N–H and O–H groups in total. The number of ether oxygens (including phenoxy) is 1. The van der Waals surface area contributed by atoms with E-state index in [9.17, 15) is 4.79 Å². The van der Waals surface area contributed by atoms with Crippen molar-refractivity contribution in [3.63, 3.8) is 0 Å². The average molecular weight is 439 g/mol. The third kappa shape index (κ3) is 3.68. The highest BCUT2D eigenvalue weighted by molar-refractivity contribution is 7.16. The largest absolute Gasteiger partial charge is 0.489 e. The first-order chi connectivity index (χ1) is 14.6. The number of thiophene rings is 1. The maximum Gasteiger partial charge on any atom is 0.256 e. The maximum absolute atomic E-state index is 12.9. The Balaban J connectivity index is 1.30. The molecule has 2 atom stereocenters. The average Bonchev–Trinajstić information content (AvgIpc) is 3.11. The summed E-state index contributed by atoms with van der Waals surface area (Å²) in [5.41, 5.74) is 4.06. The van der Waals surface area contributed by atoms with Crippen molar-refractivity contribution < 1.29 is 9.53 Å². The van der Waals surface area contributed by atoms with E-state index in [4.69, 9.17) is 16.3 Å². The Morgan fingerprint density at radius 3 is 2.73 bits per heavy atom. The Labute approximate surface area is 185 Å². The summed E-state index contributed by atoms with van der Waals surface area (Å²) >= 11 is 7.94. The first-order valence-electron chi connectivity index (χ1n) is 10.3. The van der Waals surface area contributed by atoms with Gasteiger partial charge >= 0.3 is 0 Å². The molecule has 2 heterocycles. The maximum atomic E-state index is 12.9. The SMILES string of the molecule is C[C@@H]1CCc2c(sc3c2C(=O)N[C@H](c2ccc(OCc4ccccc4Cl)cc2)N3)C1. The smallest absolute Gasteiger partial charge is 0.256 e. The lowest BCUT2D eigenvalue weighted by Crippen LogP contribution is -2.38. The van der Waals surface area contributed by atoms with Crippen LogP contribution in [0.25, 0.3) is 0 Å². The fourth-order valence-electron chi connectivity index (χ4n) is 4.16. The summed E-state index contributed by atoms with van der Waals surface area (Å²) in [6.45, 7) is 2.70. The van der Waals surface area contributed by atoms with E-state index in [0.29, 0.717) is 17.5 Å². The monoisotopic (exact) mass is 438 g/mol. The Bertz CT molecular complexity index is 1090. The van der Waals surface area contributed by atoms with Crippen molar-refractivity contribution in [3.05, 3.63) is 80.7 Å². The molecule has 1 aromatic heterocycles. The van der Waals surface area contributed by atoms with E-state index in [-0.39, 0.29) is 12.1 Å². The van der Waals surface area contributed by atoms with Gasteiger partial charge in [-0.3, -0.25) is 4.79 Å².